The number of likely N-dealkylation sites (tertiary alicyclic amines) is 1. The zero-order chi connectivity index (χ0) is 15.5. The first-order valence-corrected chi connectivity index (χ1v) is 7.14. The summed E-state index contributed by atoms with van der Waals surface area (Å²) in [6.07, 6.45) is 0.882. The molecule has 0 saturated carbocycles. The first-order valence-electron chi connectivity index (χ1n) is 7.14. The van der Waals surface area contributed by atoms with Crippen molar-refractivity contribution in [3.8, 4) is 17.1 Å². The van der Waals surface area contributed by atoms with Crippen molar-refractivity contribution in [2.24, 2.45) is 5.73 Å². The van der Waals surface area contributed by atoms with Crippen LogP contribution in [-0.2, 0) is 4.79 Å². The lowest BCUT2D eigenvalue weighted by Gasteiger charge is -2.11. The van der Waals surface area contributed by atoms with E-state index in [1.165, 1.54) is 0 Å². The highest BCUT2D eigenvalue weighted by Gasteiger charge is 2.29. The van der Waals surface area contributed by atoms with Crippen LogP contribution in [0.2, 0.25) is 0 Å². The quantitative estimate of drug-likeness (QED) is 0.886. The second-order valence-corrected chi connectivity index (χ2v) is 5.38. The third kappa shape index (κ3) is 3.09. The number of primary amides is 1. The maximum absolute atomic E-state index is 11.0. The van der Waals surface area contributed by atoms with Crippen molar-refractivity contribution in [2.45, 2.75) is 12.3 Å². The first-order chi connectivity index (χ1) is 10.7. The number of amides is 1. The number of aromatic nitrogens is 2. The van der Waals surface area contributed by atoms with Gasteiger partial charge in [0.25, 0.3) is 0 Å². The molecule has 1 aliphatic heterocycles. The van der Waals surface area contributed by atoms with Crippen LogP contribution in [-0.4, -0.2) is 47.7 Å². The van der Waals surface area contributed by atoms with E-state index >= 15 is 0 Å². The number of ether oxygens (including phenoxy) is 1. The van der Waals surface area contributed by atoms with Crippen molar-refractivity contribution in [2.75, 3.05) is 26.7 Å². The lowest BCUT2D eigenvalue weighted by molar-refractivity contribution is -0.118. The molecule has 1 aromatic heterocycles. The minimum atomic E-state index is -0.316. The number of hydrogen-bond donors (Lipinski definition) is 1. The molecule has 2 N–H and O–H groups in total. The number of nitrogens with two attached hydrogens (primary N) is 1. The zero-order valence-corrected chi connectivity index (χ0v) is 12.4. The SMILES string of the molecule is COc1cccc(-c2noc([C@@H]3CCN(CC(N)=O)C3)n2)c1. The van der Waals surface area contributed by atoms with Crippen molar-refractivity contribution >= 4 is 5.91 Å². The minimum absolute atomic E-state index is 0.145. The van der Waals surface area contributed by atoms with E-state index in [0.717, 1.165) is 24.3 Å². The summed E-state index contributed by atoms with van der Waals surface area (Å²) in [4.78, 5) is 17.4. The molecule has 7 heteroatoms. The highest BCUT2D eigenvalue weighted by Crippen LogP contribution is 2.28. The van der Waals surface area contributed by atoms with Crippen LogP contribution in [0, 0.1) is 0 Å². The Kier molecular flexibility index (Phi) is 4.06. The second-order valence-electron chi connectivity index (χ2n) is 5.38. The third-order valence-electron chi connectivity index (χ3n) is 3.77. The van der Waals surface area contributed by atoms with Gasteiger partial charge in [-0.15, -0.1) is 0 Å². The van der Waals surface area contributed by atoms with Gasteiger partial charge in [-0.2, -0.15) is 4.98 Å². The Hall–Kier alpha value is -2.41. The summed E-state index contributed by atoms with van der Waals surface area (Å²) in [5.41, 5.74) is 6.07. The van der Waals surface area contributed by atoms with E-state index < -0.39 is 0 Å². The molecular formula is C15H18N4O3. The second kappa shape index (κ2) is 6.15. The van der Waals surface area contributed by atoms with E-state index in [-0.39, 0.29) is 18.4 Å². The van der Waals surface area contributed by atoms with Crippen LogP contribution >= 0.6 is 0 Å². The minimum Gasteiger partial charge on any atom is -0.497 e. The van der Waals surface area contributed by atoms with Gasteiger partial charge in [0.2, 0.25) is 17.6 Å². The van der Waals surface area contributed by atoms with Crippen molar-refractivity contribution in [1.29, 1.82) is 0 Å². The van der Waals surface area contributed by atoms with E-state index in [4.69, 9.17) is 15.0 Å². The summed E-state index contributed by atoms with van der Waals surface area (Å²) in [5, 5.41) is 4.04. The lowest BCUT2D eigenvalue weighted by Crippen LogP contribution is -2.31. The molecule has 2 aromatic rings. The number of benzene rings is 1. The van der Waals surface area contributed by atoms with Gasteiger partial charge >= 0.3 is 0 Å². The molecule has 116 valence electrons. The fourth-order valence-corrected chi connectivity index (χ4v) is 2.68. The molecular weight excluding hydrogens is 284 g/mol. The largest absolute Gasteiger partial charge is 0.497 e. The molecule has 1 saturated heterocycles. The van der Waals surface area contributed by atoms with Crippen molar-refractivity contribution in [3.63, 3.8) is 0 Å². The predicted octanol–water partition coefficient (Wildman–Crippen LogP) is 1.02. The molecule has 22 heavy (non-hydrogen) atoms. The molecule has 0 bridgehead atoms. The fourth-order valence-electron chi connectivity index (χ4n) is 2.68. The van der Waals surface area contributed by atoms with Crippen LogP contribution in [0.15, 0.2) is 28.8 Å². The summed E-state index contributed by atoms with van der Waals surface area (Å²) < 4.78 is 10.6. The normalized spacial score (nSPS) is 18.5. The molecule has 3 rings (SSSR count). The average molecular weight is 302 g/mol. The Balaban J connectivity index is 1.72. The molecule has 0 aliphatic carbocycles. The standard InChI is InChI=1S/C15H18N4O3/c1-21-12-4-2-3-10(7-12)14-17-15(22-18-14)11-5-6-19(8-11)9-13(16)20/h2-4,7,11H,5-6,8-9H2,1H3,(H2,16,20)/t11-/m1/s1. The Labute approximate surface area is 128 Å². The molecule has 1 fully saturated rings. The summed E-state index contributed by atoms with van der Waals surface area (Å²) in [6.45, 7) is 1.79. The molecule has 7 nitrogen and oxygen atoms in total. The van der Waals surface area contributed by atoms with E-state index in [1.54, 1.807) is 7.11 Å². The molecule has 2 heterocycles. The van der Waals surface area contributed by atoms with Crippen LogP contribution in [0.4, 0.5) is 0 Å². The maximum Gasteiger partial charge on any atom is 0.231 e. The Morgan fingerprint density at radius 1 is 1.55 bits per heavy atom. The first kappa shape index (κ1) is 14.5. The smallest absolute Gasteiger partial charge is 0.231 e. The van der Waals surface area contributed by atoms with Gasteiger partial charge in [-0.3, -0.25) is 9.69 Å². The highest BCUT2D eigenvalue weighted by atomic mass is 16.5. The average Bonchev–Trinajstić information content (AvgIpc) is 3.15. The van der Waals surface area contributed by atoms with Crippen molar-refractivity contribution < 1.29 is 14.1 Å². The van der Waals surface area contributed by atoms with Crippen LogP contribution in [0.3, 0.4) is 0 Å². The van der Waals surface area contributed by atoms with Gasteiger partial charge in [0.15, 0.2) is 0 Å². The molecule has 0 radical (unpaired) electrons. The summed E-state index contributed by atoms with van der Waals surface area (Å²) in [6, 6.07) is 7.52. The summed E-state index contributed by atoms with van der Waals surface area (Å²) >= 11 is 0. The van der Waals surface area contributed by atoms with Crippen LogP contribution in [0.1, 0.15) is 18.2 Å². The van der Waals surface area contributed by atoms with Gasteiger partial charge in [-0.1, -0.05) is 17.3 Å². The molecule has 1 amide bonds. The van der Waals surface area contributed by atoms with E-state index in [9.17, 15) is 4.79 Å². The van der Waals surface area contributed by atoms with Crippen molar-refractivity contribution in [3.05, 3.63) is 30.2 Å². The van der Waals surface area contributed by atoms with E-state index in [0.29, 0.717) is 18.3 Å². The van der Waals surface area contributed by atoms with Gasteiger partial charge in [-0.25, -0.2) is 0 Å². The molecule has 1 aromatic carbocycles. The number of methoxy groups -OCH3 is 1. The van der Waals surface area contributed by atoms with Gasteiger partial charge < -0.3 is 15.0 Å². The van der Waals surface area contributed by atoms with Gasteiger partial charge in [0, 0.05) is 12.1 Å². The van der Waals surface area contributed by atoms with Gasteiger partial charge in [-0.05, 0) is 25.1 Å². The van der Waals surface area contributed by atoms with Crippen LogP contribution in [0.25, 0.3) is 11.4 Å². The van der Waals surface area contributed by atoms with E-state index in [2.05, 4.69) is 10.1 Å². The predicted molar refractivity (Wildman–Crippen MR) is 79.3 cm³/mol. The number of hydrogen-bond acceptors (Lipinski definition) is 6. The monoisotopic (exact) mass is 302 g/mol. The lowest BCUT2D eigenvalue weighted by atomic mass is 10.1. The third-order valence-corrected chi connectivity index (χ3v) is 3.77. The van der Waals surface area contributed by atoms with Crippen LogP contribution < -0.4 is 10.5 Å². The number of carbonyl (C=O) groups excluding carboxylic acids is 1. The van der Waals surface area contributed by atoms with Gasteiger partial charge in [0.1, 0.15) is 5.75 Å². The zero-order valence-electron chi connectivity index (χ0n) is 12.4. The Morgan fingerprint density at radius 3 is 3.18 bits per heavy atom. The fraction of sp³-hybridized carbons (Fsp3) is 0.400. The summed E-state index contributed by atoms with van der Waals surface area (Å²) in [5.74, 6) is 1.72. The van der Waals surface area contributed by atoms with E-state index in [1.807, 2.05) is 29.2 Å². The highest BCUT2D eigenvalue weighted by molar-refractivity contribution is 5.75. The molecule has 0 unspecified atom stereocenters. The molecule has 1 atom stereocenters. The van der Waals surface area contributed by atoms with Crippen LogP contribution in [0.5, 0.6) is 5.75 Å². The Morgan fingerprint density at radius 2 is 2.41 bits per heavy atom. The Bertz CT molecular complexity index is 670. The number of nitrogens with zero attached hydrogens (tertiary/aromatic N) is 3. The number of carbonyl (C=O) groups is 1. The summed E-state index contributed by atoms with van der Waals surface area (Å²) in [7, 11) is 1.62. The topological polar surface area (TPSA) is 94.5 Å². The van der Waals surface area contributed by atoms with Gasteiger partial charge in [0.05, 0.1) is 19.6 Å². The number of rotatable bonds is 5. The van der Waals surface area contributed by atoms with Crippen molar-refractivity contribution in [1.82, 2.24) is 15.0 Å². The maximum atomic E-state index is 11.0. The molecule has 0 spiro atoms. The molecule has 1 aliphatic rings.